The predicted molar refractivity (Wildman–Crippen MR) is 129 cm³/mol. The number of carbonyl (C=O) groups is 4. The Morgan fingerprint density at radius 3 is 2.52 bits per heavy atom. The van der Waals surface area contributed by atoms with E-state index in [-0.39, 0.29) is 17.4 Å². The number of amides is 3. The molecule has 1 aliphatic heterocycles. The summed E-state index contributed by atoms with van der Waals surface area (Å²) in [5.74, 6) is -1.09. The van der Waals surface area contributed by atoms with Gasteiger partial charge in [0.05, 0.1) is 16.5 Å². The molecule has 1 heterocycles. The van der Waals surface area contributed by atoms with Crippen molar-refractivity contribution in [3.63, 3.8) is 0 Å². The topological polar surface area (TPSA) is 102 Å². The molecule has 3 rings (SSSR count). The molecular formula is C23H21BrN2O6S. The van der Waals surface area contributed by atoms with Crippen LogP contribution in [-0.2, 0) is 19.1 Å². The highest BCUT2D eigenvalue weighted by molar-refractivity contribution is 9.10. The van der Waals surface area contributed by atoms with E-state index in [4.69, 9.17) is 4.74 Å². The van der Waals surface area contributed by atoms with Gasteiger partial charge in [-0.05, 0) is 77.4 Å². The fourth-order valence-electron chi connectivity index (χ4n) is 2.94. The molecule has 0 unspecified atom stereocenters. The van der Waals surface area contributed by atoms with Crippen LogP contribution >= 0.6 is 27.7 Å². The van der Waals surface area contributed by atoms with Crippen molar-refractivity contribution in [3.8, 4) is 5.75 Å². The highest BCUT2D eigenvalue weighted by atomic mass is 79.9. The summed E-state index contributed by atoms with van der Waals surface area (Å²) in [6.45, 7) is 3.21. The number of thioether (sulfide) groups is 1. The van der Waals surface area contributed by atoms with E-state index < -0.39 is 23.2 Å². The fourth-order valence-corrected chi connectivity index (χ4v) is 4.36. The molecule has 33 heavy (non-hydrogen) atoms. The first-order chi connectivity index (χ1) is 15.7. The fraction of sp³-hybridized carbons (Fsp3) is 0.217. The zero-order valence-electron chi connectivity index (χ0n) is 18.1. The normalized spacial score (nSPS) is 15.5. The number of benzene rings is 2. The Labute approximate surface area is 203 Å². The van der Waals surface area contributed by atoms with Crippen LogP contribution in [0, 0.1) is 6.92 Å². The molecule has 0 aromatic heterocycles. The number of anilines is 1. The predicted octanol–water partition coefficient (Wildman–Crippen LogP) is 4.37. The molecule has 10 heteroatoms. The Bertz CT molecular complexity index is 1130. The van der Waals surface area contributed by atoms with Crippen molar-refractivity contribution in [1.29, 1.82) is 0 Å². The smallest absolute Gasteiger partial charge is 0.328 e. The van der Waals surface area contributed by atoms with E-state index in [1.807, 2.05) is 31.2 Å². The molecule has 2 aromatic carbocycles. The van der Waals surface area contributed by atoms with Gasteiger partial charge in [0.1, 0.15) is 11.8 Å². The second kappa shape index (κ2) is 10.7. The maximum atomic E-state index is 12.6. The van der Waals surface area contributed by atoms with Crippen LogP contribution in [0.2, 0.25) is 0 Å². The Hall–Kier alpha value is -3.11. The largest absolute Gasteiger partial charge is 0.483 e. The van der Waals surface area contributed by atoms with Gasteiger partial charge in [-0.15, -0.1) is 0 Å². The molecule has 1 atom stereocenters. The molecule has 0 bridgehead atoms. The first-order valence-corrected chi connectivity index (χ1v) is 11.4. The highest BCUT2D eigenvalue weighted by Crippen LogP contribution is 2.35. The lowest BCUT2D eigenvalue weighted by molar-refractivity contribution is -0.148. The molecule has 8 nitrogen and oxygen atoms in total. The Morgan fingerprint density at radius 1 is 1.18 bits per heavy atom. The molecule has 1 N–H and O–H groups in total. The number of halogens is 1. The van der Waals surface area contributed by atoms with Crippen molar-refractivity contribution >= 4 is 62.5 Å². The quantitative estimate of drug-likeness (QED) is 0.417. The summed E-state index contributed by atoms with van der Waals surface area (Å²) in [6, 6.07) is 11.4. The van der Waals surface area contributed by atoms with E-state index in [9.17, 15) is 19.2 Å². The van der Waals surface area contributed by atoms with Crippen LogP contribution in [-0.4, -0.2) is 47.7 Å². The maximum Gasteiger partial charge on any atom is 0.328 e. The molecule has 2 aromatic rings. The first-order valence-electron chi connectivity index (χ1n) is 9.83. The van der Waals surface area contributed by atoms with E-state index >= 15 is 0 Å². The van der Waals surface area contributed by atoms with E-state index in [1.165, 1.54) is 14.0 Å². The van der Waals surface area contributed by atoms with Crippen molar-refractivity contribution < 1.29 is 28.7 Å². The van der Waals surface area contributed by atoms with Crippen molar-refractivity contribution in [2.24, 2.45) is 0 Å². The highest BCUT2D eigenvalue weighted by Gasteiger charge is 2.41. The van der Waals surface area contributed by atoms with Gasteiger partial charge in [-0.2, -0.15) is 0 Å². The number of aryl methyl sites for hydroxylation is 1. The number of imide groups is 1. The van der Waals surface area contributed by atoms with Crippen LogP contribution in [0.4, 0.5) is 10.5 Å². The van der Waals surface area contributed by atoms with Crippen LogP contribution in [0.3, 0.4) is 0 Å². The zero-order valence-corrected chi connectivity index (χ0v) is 20.5. The van der Waals surface area contributed by atoms with E-state index in [1.54, 1.807) is 24.3 Å². The molecule has 0 spiro atoms. The second-order valence-electron chi connectivity index (χ2n) is 7.14. The van der Waals surface area contributed by atoms with Crippen LogP contribution < -0.4 is 10.1 Å². The third kappa shape index (κ3) is 6.02. The summed E-state index contributed by atoms with van der Waals surface area (Å²) >= 11 is 4.15. The number of methoxy groups -OCH3 is 1. The summed E-state index contributed by atoms with van der Waals surface area (Å²) in [5.41, 5.74) is 2.41. The van der Waals surface area contributed by atoms with Gasteiger partial charge >= 0.3 is 5.97 Å². The van der Waals surface area contributed by atoms with Crippen molar-refractivity contribution in [3.05, 3.63) is 63.0 Å². The first kappa shape index (κ1) is 24.5. The van der Waals surface area contributed by atoms with Crippen LogP contribution in [0.1, 0.15) is 18.1 Å². The van der Waals surface area contributed by atoms with Crippen molar-refractivity contribution in [2.75, 3.05) is 19.0 Å². The van der Waals surface area contributed by atoms with E-state index in [2.05, 4.69) is 26.0 Å². The number of carbonyl (C=O) groups excluding carboxylic acids is 4. The van der Waals surface area contributed by atoms with Gasteiger partial charge in [-0.25, -0.2) is 4.79 Å². The van der Waals surface area contributed by atoms with Crippen LogP contribution in [0.25, 0.3) is 6.08 Å². The van der Waals surface area contributed by atoms with Gasteiger partial charge in [0.15, 0.2) is 6.61 Å². The SMILES string of the molecule is COC(=O)[C@@H](C)N1C(=O)S/C(=C/c2ccc(OCC(=O)Nc3ccc(C)cc3)c(Br)c2)C1=O. The monoisotopic (exact) mass is 532 g/mol. The molecule has 1 saturated heterocycles. The van der Waals surface area contributed by atoms with Crippen molar-refractivity contribution in [1.82, 2.24) is 4.90 Å². The number of rotatable bonds is 7. The van der Waals surface area contributed by atoms with Gasteiger partial charge in [-0.3, -0.25) is 19.3 Å². The maximum absolute atomic E-state index is 12.6. The molecule has 1 fully saturated rings. The summed E-state index contributed by atoms with van der Waals surface area (Å²) in [6.07, 6.45) is 1.55. The lowest BCUT2D eigenvalue weighted by Gasteiger charge is -2.18. The summed E-state index contributed by atoms with van der Waals surface area (Å²) in [7, 11) is 1.20. The molecule has 0 radical (unpaired) electrons. The molecule has 0 aliphatic carbocycles. The number of esters is 1. The van der Waals surface area contributed by atoms with Gasteiger partial charge in [0.25, 0.3) is 17.1 Å². The van der Waals surface area contributed by atoms with E-state index in [0.717, 1.165) is 22.2 Å². The Balaban J connectivity index is 1.64. The van der Waals surface area contributed by atoms with E-state index in [0.29, 0.717) is 21.5 Å². The number of hydrogen-bond acceptors (Lipinski definition) is 7. The van der Waals surface area contributed by atoms with Crippen molar-refractivity contribution in [2.45, 2.75) is 19.9 Å². The molecular weight excluding hydrogens is 512 g/mol. The molecule has 3 amide bonds. The summed E-state index contributed by atoms with van der Waals surface area (Å²) in [5, 5.41) is 2.22. The molecule has 0 saturated carbocycles. The average Bonchev–Trinajstić information content (AvgIpc) is 3.06. The minimum Gasteiger partial charge on any atom is -0.483 e. The van der Waals surface area contributed by atoms with Gasteiger partial charge in [-0.1, -0.05) is 23.8 Å². The van der Waals surface area contributed by atoms with Gasteiger partial charge in [0, 0.05) is 5.69 Å². The van der Waals surface area contributed by atoms with Crippen LogP contribution in [0.5, 0.6) is 5.75 Å². The standard InChI is InChI=1S/C23H21BrN2O6S/c1-13-4-7-16(8-5-13)25-20(27)12-32-18-9-6-15(10-17(18)24)11-19-21(28)26(23(30)33-19)14(2)22(29)31-3/h4-11,14H,12H2,1-3H3,(H,25,27)/b19-11+/t14-/m1/s1. The van der Waals surface area contributed by atoms with Gasteiger partial charge < -0.3 is 14.8 Å². The number of nitrogens with one attached hydrogen (secondary N) is 1. The second-order valence-corrected chi connectivity index (χ2v) is 8.99. The number of nitrogens with zero attached hydrogens (tertiary/aromatic N) is 1. The van der Waals surface area contributed by atoms with Gasteiger partial charge in [0.2, 0.25) is 0 Å². The lowest BCUT2D eigenvalue weighted by Crippen LogP contribution is -2.42. The summed E-state index contributed by atoms with van der Waals surface area (Å²) < 4.78 is 10.8. The minimum atomic E-state index is -1.01. The third-order valence-electron chi connectivity index (χ3n) is 4.70. The van der Waals surface area contributed by atoms with Crippen LogP contribution in [0.15, 0.2) is 51.8 Å². The summed E-state index contributed by atoms with van der Waals surface area (Å²) in [4.78, 5) is 49.7. The lowest BCUT2D eigenvalue weighted by atomic mass is 10.2. The molecule has 172 valence electrons. The third-order valence-corrected chi connectivity index (χ3v) is 6.20. The average molecular weight is 533 g/mol. The Morgan fingerprint density at radius 2 is 1.88 bits per heavy atom. The number of hydrogen-bond donors (Lipinski definition) is 1. The zero-order chi connectivity index (χ0) is 24.1. The minimum absolute atomic E-state index is 0.184. The Kier molecular flexibility index (Phi) is 7.93. The molecule has 1 aliphatic rings. The number of ether oxygens (including phenoxy) is 2.